The third kappa shape index (κ3) is 3.30. The molecule has 0 saturated carbocycles. The van der Waals surface area contributed by atoms with Crippen LogP contribution in [0.2, 0.25) is 0 Å². The van der Waals surface area contributed by atoms with Crippen molar-refractivity contribution in [2.45, 2.75) is 32.0 Å². The van der Waals surface area contributed by atoms with Crippen LogP contribution in [0.5, 0.6) is 0 Å². The maximum atomic E-state index is 11.7. The van der Waals surface area contributed by atoms with E-state index < -0.39 is 0 Å². The fourth-order valence-electron chi connectivity index (χ4n) is 4.28. The van der Waals surface area contributed by atoms with Crippen LogP contribution < -0.4 is 4.90 Å². The highest BCUT2D eigenvalue weighted by atomic mass is 16.6. The first-order valence-electron chi connectivity index (χ1n) is 9.43. The molecule has 2 aliphatic rings. The summed E-state index contributed by atoms with van der Waals surface area (Å²) in [6.07, 6.45) is 0.601. The van der Waals surface area contributed by atoms with Crippen molar-refractivity contribution >= 4 is 11.5 Å². The predicted octanol–water partition coefficient (Wildman–Crippen LogP) is 1.98. The lowest BCUT2D eigenvalue weighted by atomic mass is 10.1. The van der Waals surface area contributed by atoms with Crippen molar-refractivity contribution in [3.05, 3.63) is 51.7 Å². The van der Waals surface area contributed by atoms with Crippen molar-refractivity contribution in [3.63, 3.8) is 0 Å². The Bertz CT molecular complexity index is 822. The number of nitrogens with zero attached hydrogens (tertiary/aromatic N) is 5. The largest absolute Gasteiger partial charge is 0.373 e. The van der Waals surface area contributed by atoms with Gasteiger partial charge in [-0.05, 0) is 12.0 Å². The van der Waals surface area contributed by atoms with E-state index in [9.17, 15) is 10.1 Å². The number of nitro groups is 1. The average Bonchev–Trinajstić information content (AvgIpc) is 3.23. The fourth-order valence-corrected chi connectivity index (χ4v) is 4.28. The van der Waals surface area contributed by atoms with Gasteiger partial charge in [0.25, 0.3) is 0 Å². The number of benzene rings is 1. The monoisotopic (exact) mass is 371 g/mol. The highest BCUT2D eigenvalue weighted by Gasteiger charge is 2.43. The molecule has 2 aliphatic heterocycles. The van der Waals surface area contributed by atoms with Crippen molar-refractivity contribution in [2.75, 3.05) is 31.1 Å². The van der Waals surface area contributed by atoms with E-state index in [4.69, 9.17) is 4.74 Å². The lowest BCUT2D eigenvalue weighted by Crippen LogP contribution is -2.50. The van der Waals surface area contributed by atoms with Gasteiger partial charge < -0.3 is 9.64 Å². The van der Waals surface area contributed by atoms with Crippen LogP contribution in [0.25, 0.3) is 0 Å². The summed E-state index contributed by atoms with van der Waals surface area (Å²) < 4.78 is 7.66. The molecule has 3 heterocycles. The summed E-state index contributed by atoms with van der Waals surface area (Å²) in [5.41, 5.74) is 1.94. The van der Waals surface area contributed by atoms with Crippen LogP contribution in [0.15, 0.2) is 30.3 Å². The number of ether oxygens (including phenoxy) is 1. The minimum atomic E-state index is -0.300. The summed E-state index contributed by atoms with van der Waals surface area (Å²) in [6, 6.07) is 10.6. The van der Waals surface area contributed by atoms with Crippen LogP contribution in [-0.4, -0.2) is 58.0 Å². The van der Waals surface area contributed by atoms with Crippen LogP contribution in [0, 0.1) is 10.1 Å². The third-order valence-electron chi connectivity index (χ3n) is 5.52. The number of rotatable bonds is 5. The molecule has 144 valence electrons. The predicted molar refractivity (Wildman–Crippen MR) is 102 cm³/mol. The highest BCUT2D eigenvalue weighted by Crippen LogP contribution is 2.36. The smallest absolute Gasteiger partial charge is 0.334 e. The van der Waals surface area contributed by atoms with Gasteiger partial charge in [0.2, 0.25) is 5.82 Å². The Kier molecular flexibility index (Phi) is 4.84. The number of hydrogen-bond acceptors (Lipinski definition) is 6. The SMILES string of the molecule is CCc1nn(C)c(N2CC3OCCN(Cc4ccccc4)C3C2)c1[N+](=O)[O-]. The maximum absolute atomic E-state index is 11.7. The summed E-state index contributed by atoms with van der Waals surface area (Å²) in [6.45, 7) is 5.69. The van der Waals surface area contributed by atoms with E-state index >= 15 is 0 Å². The van der Waals surface area contributed by atoms with Gasteiger partial charge in [-0.15, -0.1) is 0 Å². The highest BCUT2D eigenvalue weighted by molar-refractivity contribution is 5.62. The Morgan fingerprint density at radius 1 is 1.30 bits per heavy atom. The molecular weight excluding hydrogens is 346 g/mol. The first-order chi connectivity index (χ1) is 13.1. The normalized spacial score (nSPS) is 22.8. The molecule has 0 bridgehead atoms. The number of aromatic nitrogens is 2. The fraction of sp³-hybridized carbons (Fsp3) is 0.526. The molecule has 2 aromatic rings. The van der Waals surface area contributed by atoms with E-state index in [1.807, 2.05) is 13.0 Å². The molecule has 2 fully saturated rings. The number of aryl methyl sites for hydroxylation is 2. The summed E-state index contributed by atoms with van der Waals surface area (Å²) in [5.74, 6) is 0.592. The molecular formula is C19H25N5O3. The van der Waals surface area contributed by atoms with Crippen LogP contribution in [-0.2, 0) is 24.8 Å². The summed E-state index contributed by atoms with van der Waals surface area (Å²) in [7, 11) is 1.78. The van der Waals surface area contributed by atoms with Crippen LogP contribution >= 0.6 is 0 Å². The first kappa shape index (κ1) is 17.9. The summed E-state index contributed by atoms with van der Waals surface area (Å²) in [5, 5.41) is 16.1. The zero-order valence-electron chi connectivity index (χ0n) is 15.7. The van der Waals surface area contributed by atoms with Gasteiger partial charge in [0.15, 0.2) is 0 Å². The van der Waals surface area contributed by atoms with Gasteiger partial charge in [-0.1, -0.05) is 37.3 Å². The Labute approximate surface area is 158 Å². The number of anilines is 1. The molecule has 27 heavy (non-hydrogen) atoms. The lowest BCUT2D eigenvalue weighted by molar-refractivity contribution is -0.384. The van der Waals surface area contributed by atoms with E-state index in [-0.39, 0.29) is 22.8 Å². The molecule has 0 amide bonds. The van der Waals surface area contributed by atoms with E-state index in [1.54, 1.807) is 11.7 Å². The second-order valence-electron chi connectivity index (χ2n) is 7.19. The molecule has 2 saturated heterocycles. The van der Waals surface area contributed by atoms with Gasteiger partial charge in [-0.25, -0.2) is 4.68 Å². The minimum absolute atomic E-state index is 0.0574. The van der Waals surface area contributed by atoms with E-state index in [0.717, 1.165) is 13.1 Å². The molecule has 0 spiro atoms. The van der Waals surface area contributed by atoms with E-state index in [1.165, 1.54) is 5.56 Å². The number of morpholine rings is 1. The van der Waals surface area contributed by atoms with Gasteiger partial charge in [-0.2, -0.15) is 5.10 Å². The van der Waals surface area contributed by atoms with Crippen molar-refractivity contribution in [1.29, 1.82) is 0 Å². The second-order valence-corrected chi connectivity index (χ2v) is 7.19. The molecule has 0 N–H and O–H groups in total. The molecule has 1 aromatic heterocycles. The Morgan fingerprint density at radius 2 is 2.07 bits per heavy atom. The quantitative estimate of drug-likeness (QED) is 0.591. The topological polar surface area (TPSA) is 76.7 Å². The molecule has 2 unspecified atom stereocenters. The number of hydrogen-bond donors (Lipinski definition) is 0. The Balaban J connectivity index is 1.58. The standard InChI is InChI=1S/C19H25N5O3/c1-3-15-18(24(25)26)19(21(2)20-15)23-12-16-17(13-23)27-10-9-22(16)11-14-7-5-4-6-8-14/h4-8,16-17H,3,9-13H2,1-2H3. The van der Waals surface area contributed by atoms with Gasteiger partial charge in [0, 0.05) is 33.2 Å². The summed E-state index contributed by atoms with van der Waals surface area (Å²) >= 11 is 0. The zero-order valence-corrected chi connectivity index (χ0v) is 15.7. The molecule has 0 radical (unpaired) electrons. The molecule has 8 nitrogen and oxygen atoms in total. The van der Waals surface area contributed by atoms with Gasteiger partial charge in [0.1, 0.15) is 5.69 Å². The van der Waals surface area contributed by atoms with E-state index in [0.29, 0.717) is 37.6 Å². The van der Waals surface area contributed by atoms with E-state index in [2.05, 4.69) is 39.2 Å². The van der Waals surface area contributed by atoms with Crippen molar-refractivity contribution < 1.29 is 9.66 Å². The Morgan fingerprint density at radius 3 is 2.78 bits per heavy atom. The van der Waals surface area contributed by atoms with Gasteiger partial charge >= 0.3 is 5.69 Å². The third-order valence-corrected chi connectivity index (χ3v) is 5.52. The molecule has 8 heteroatoms. The Hall–Kier alpha value is -2.45. The van der Waals surface area contributed by atoms with Crippen LogP contribution in [0.4, 0.5) is 11.5 Å². The minimum Gasteiger partial charge on any atom is -0.373 e. The molecule has 2 atom stereocenters. The van der Waals surface area contributed by atoms with Crippen LogP contribution in [0.1, 0.15) is 18.2 Å². The van der Waals surface area contributed by atoms with Crippen LogP contribution in [0.3, 0.4) is 0 Å². The van der Waals surface area contributed by atoms with Gasteiger partial charge in [0.05, 0.1) is 23.7 Å². The molecule has 4 rings (SSSR count). The lowest BCUT2D eigenvalue weighted by Gasteiger charge is -2.36. The summed E-state index contributed by atoms with van der Waals surface area (Å²) in [4.78, 5) is 15.9. The molecule has 0 aliphatic carbocycles. The van der Waals surface area contributed by atoms with Crippen molar-refractivity contribution in [1.82, 2.24) is 14.7 Å². The first-order valence-corrected chi connectivity index (χ1v) is 9.43. The maximum Gasteiger partial charge on any atom is 0.334 e. The van der Waals surface area contributed by atoms with Crippen molar-refractivity contribution in [3.8, 4) is 0 Å². The zero-order chi connectivity index (χ0) is 19.0. The second kappa shape index (κ2) is 7.28. The average molecular weight is 371 g/mol. The van der Waals surface area contributed by atoms with Gasteiger partial charge in [-0.3, -0.25) is 15.0 Å². The molecule has 1 aromatic carbocycles. The van der Waals surface area contributed by atoms with Crippen molar-refractivity contribution in [2.24, 2.45) is 7.05 Å². The number of fused-ring (bicyclic) bond motifs is 1.